The van der Waals surface area contributed by atoms with Gasteiger partial charge in [-0.25, -0.2) is 0 Å². The van der Waals surface area contributed by atoms with Crippen molar-refractivity contribution >= 4 is 28.9 Å². The van der Waals surface area contributed by atoms with Crippen molar-refractivity contribution < 1.29 is 9.47 Å². The third kappa shape index (κ3) is 5.31. The van der Waals surface area contributed by atoms with Crippen LogP contribution >= 0.6 is 23.2 Å². The van der Waals surface area contributed by atoms with Crippen LogP contribution in [0.25, 0.3) is 0 Å². The van der Waals surface area contributed by atoms with Crippen LogP contribution in [0.15, 0.2) is 60.7 Å². The van der Waals surface area contributed by atoms with E-state index in [-0.39, 0.29) is 0 Å². The quantitative estimate of drug-likeness (QED) is 0.489. The highest BCUT2D eigenvalue weighted by atomic mass is 35.5. The molecule has 0 aliphatic carbocycles. The third-order valence-corrected chi connectivity index (χ3v) is 4.78. The van der Waals surface area contributed by atoms with Gasteiger partial charge in [0, 0.05) is 28.3 Å². The van der Waals surface area contributed by atoms with Crippen molar-refractivity contribution in [1.82, 2.24) is 0 Å². The van der Waals surface area contributed by atoms with E-state index >= 15 is 0 Å². The SMILES string of the molecule is COc1cc(CNc2ccc(Cl)cc2)c(Cl)cc1OCc1ccc(C)cc1. The summed E-state index contributed by atoms with van der Waals surface area (Å²) in [5, 5.41) is 4.65. The molecule has 0 amide bonds. The number of hydrogen-bond acceptors (Lipinski definition) is 3. The summed E-state index contributed by atoms with van der Waals surface area (Å²) in [7, 11) is 1.62. The first-order valence-corrected chi connectivity index (χ1v) is 9.35. The minimum absolute atomic E-state index is 0.454. The van der Waals surface area contributed by atoms with Gasteiger partial charge in [-0.3, -0.25) is 0 Å². The van der Waals surface area contributed by atoms with Crippen LogP contribution in [0.5, 0.6) is 11.5 Å². The summed E-state index contributed by atoms with van der Waals surface area (Å²) < 4.78 is 11.4. The van der Waals surface area contributed by atoms with Crippen LogP contribution in [0.3, 0.4) is 0 Å². The molecule has 27 heavy (non-hydrogen) atoms. The van der Waals surface area contributed by atoms with Crippen molar-refractivity contribution in [2.75, 3.05) is 12.4 Å². The van der Waals surface area contributed by atoms with Crippen molar-refractivity contribution in [3.05, 3.63) is 87.4 Å². The number of aryl methyl sites for hydroxylation is 1. The molecule has 0 bridgehead atoms. The van der Waals surface area contributed by atoms with Crippen molar-refractivity contribution in [3.63, 3.8) is 0 Å². The molecular weight excluding hydrogens is 381 g/mol. The largest absolute Gasteiger partial charge is 0.493 e. The van der Waals surface area contributed by atoms with Crippen LogP contribution in [0.2, 0.25) is 10.0 Å². The highest BCUT2D eigenvalue weighted by Gasteiger charge is 2.11. The van der Waals surface area contributed by atoms with Gasteiger partial charge in [0.1, 0.15) is 6.61 Å². The van der Waals surface area contributed by atoms with Gasteiger partial charge >= 0.3 is 0 Å². The Morgan fingerprint density at radius 3 is 2.26 bits per heavy atom. The van der Waals surface area contributed by atoms with Gasteiger partial charge in [-0.1, -0.05) is 53.0 Å². The summed E-state index contributed by atoms with van der Waals surface area (Å²) in [6, 6.07) is 19.5. The molecule has 0 unspecified atom stereocenters. The maximum atomic E-state index is 6.46. The first kappa shape index (κ1) is 19.4. The van der Waals surface area contributed by atoms with Crippen LogP contribution in [-0.4, -0.2) is 7.11 Å². The first-order chi connectivity index (χ1) is 13.0. The van der Waals surface area contributed by atoms with E-state index in [0.29, 0.717) is 34.7 Å². The molecule has 0 saturated heterocycles. The van der Waals surface area contributed by atoms with E-state index in [1.54, 1.807) is 13.2 Å². The smallest absolute Gasteiger partial charge is 0.163 e. The Labute approximate surface area is 169 Å². The standard InChI is InChI=1S/C22H21Cl2NO2/c1-15-3-5-16(6-4-15)14-27-22-12-20(24)17(11-21(22)26-2)13-25-19-9-7-18(23)8-10-19/h3-12,25H,13-14H2,1-2H3. The fraction of sp³-hybridized carbons (Fsp3) is 0.182. The van der Waals surface area contributed by atoms with Gasteiger partial charge in [0.25, 0.3) is 0 Å². The van der Waals surface area contributed by atoms with Gasteiger partial charge in [0.05, 0.1) is 7.11 Å². The molecule has 0 aliphatic heterocycles. The molecular formula is C22H21Cl2NO2. The topological polar surface area (TPSA) is 30.5 Å². The van der Waals surface area contributed by atoms with E-state index in [0.717, 1.165) is 16.8 Å². The minimum Gasteiger partial charge on any atom is -0.493 e. The zero-order valence-corrected chi connectivity index (χ0v) is 16.8. The van der Waals surface area contributed by atoms with Crippen LogP contribution < -0.4 is 14.8 Å². The summed E-state index contributed by atoms with van der Waals surface area (Å²) in [5.74, 6) is 1.28. The predicted molar refractivity (Wildman–Crippen MR) is 112 cm³/mol. The van der Waals surface area contributed by atoms with Crippen LogP contribution in [0, 0.1) is 6.92 Å². The number of rotatable bonds is 7. The fourth-order valence-corrected chi connectivity index (χ4v) is 2.94. The van der Waals surface area contributed by atoms with Gasteiger partial charge in [0.2, 0.25) is 0 Å². The molecule has 0 heterocycles. The molecule has 0 saturated carbocycles. The number of methoxy groups -OCH3 is 1. The molecule has 5 heteroatoms. The number of nitrogens with one attached hydrogen (secondary N) is 1. The number of ether oxygens (including phenoxy) is 2. The van der Waals surface area contributed by atoms with Gasteiger partial charge in [0.15, 0.2) is 11.5 Å². The Morgan fingerprint density at radius 2 is 1.59 bits per heavy atom. The zero-order chi connectivity index (χ0) is 19.2. The van der Waals surface area contributed by atoms with Gasteiger partial charge in [-0.05, 0) is 48.4 Å². The molecule has 0 fully saturated rings. The molecule has 0 aliphatic rings. The zero-order valence-electron chi connectivity index (χ0n) is 15.3. The lowest BCUT2D eigenvalue weighted by Crippen LogP contribution is -2.03. The highest BCUT2D eigenvalue weighted by molar-refractivity contribution is 6.31. The molecule has 140 valence electrons. The summed E-state index contributed by atoms with van der Waals surface area (Å²) in [5.41, 5.74) is 4.20. The monoisotopic (exact) mass is 401 g/mol. The second-order valence-corrected chi connectivity index (χ2v) is 7.07. The Hall–Kier alpha value is -2.36. The Morgan fingerprint density at radius 1 is 0.889 bits per heavy atom. The van der Waals surface area contributed by atoms with E-state index in [1.807, 2.05) is 42.5 Å². The third-order valence-electron chi connectivity index (χ3n) is 4.17. The average molecular weight is 402 g/mol. The number of benzene rings is 3. The van der Waals surface area contributed by atoms with Crippen LogP contribution in [0.4, 0.5) is 5.69 Å². The number of anilines is 1. The average Bonchev–Trinajstić information content (AvgIpc) is 2.68. The van der Waals surface area contributed by atoms with Gasteiger partial charge in [-0.15, -0.1) is 0 Å². The van der Waals surface area contributed by atoms with Crippen molar-refractivity contribution in [2.45, 2.75) is 20.1 Å². The Bertz CT molecular complexity index is 893. The molecule has 3 rings (SSSR count). The van der Waals surface area contributed by atoms with Crippen molar-refractivity contribution in [2.24, 2.45) is 0 Å². The van der Waals surface area contributed by atoms with E-state index in [1.165, 1.54) is 5.56 Å². The lowest BCUT2D eigenvalue weighted by molar-refractivity contribution is 0.284. The van der Waals surface area contributed by atoms with Crippen LogP contribution in [0.1, 0.15) is 16.7 Å². The summed E-state index contributed by atoms with van der Waals surface area (Å²) >= 11 is 12.4. The minimum atomic E-state index is 0.454. The maximum absolute atomic E-state index is 6.46. The molecule has 1 N–H and O–H groups in total. The predicted octanol–water partition coefficient (Wildman–Crippen LogP) is 6.50. The van der Waals surface area contributed by atoms with Gasteiger partial charge < -0.3 is 14.8 Å². The molecule has 0 aromatic heterocycles. The maximum Gasteiger partial charge on any atom is 0.163 e. The number of hydrogen-bond donors (Lipinski definition) is 1. The summed E-state index contributed by atoms with van der Waals surface area (Å²) in [6.45, 7) is 3.08. The lowest BCUT2D eigenvalue weighted by Gasteiger charge is -2.15. The van der Waals surface area contributed by atoms with Crippen molar-refractivity contribution in [3.8, 4) is 11.5 Å². The highest BCUT2D eigenvalue weighted by Crippen LogP contribution is 2.34. The molecule has 3 aromatic carbocycles. The van der Waals surface area contributed by atoms with E-state index in [9.17, 15) is 0 Å². The summed E-state index contributed by atoms with van der Waals surface area (Å²) in [6.07, 6.45) is 0. The molecule has 3 nitrogen and oxygen atoms in total. The second kappa shape index (κ2) is 9.03. The van der Waals surface area contributed by atoms with Crippen molar-refractivity contribution in [1.29, 1.82) is 0 Å². The Kier molecular flexibility index (Phi) is 6.49. The van der Waals surface area contributed by atoms with Gasteiger partial charge in [-0.2, -0.15) is 0 Å². The normalized spacial score (nSPS) is 10.5. The summed E-state index contributed by atoms with van der Waals surface area (Å²) in [4.78, 5) is 0. The van der Waals surface area contributed by atoms with Crippen LogP contribution in [-0.2, 0) is 13.2 Å². The van der Waals surface area contributed by atoms with E-state index in [2.05, 4.69) is 24.4 Å². The Balaban J connectivity index is 1.70. The molecule has 0 spiro atoms. The fourth-order valence-electron chi connectivity index (χ4n) is 2.60. The molecule has 0 radical (unpaired) electrons. The second-order valence-electron chi connectivity index (χ2n) is 6.23. The molecule has 0 atom stereocenters. The van der Waals surface area contributed by atoms with E-state index in [4.69, 9.17) is 32.7 Å². The molecule has 3 aromatic rings. The first-order valence-electron chi connectivity index (χ1n) is 8.59. The van der Waals surface area contributed by atoms with E-state index < -0.39 is 0 Å². The number of halogens is 2. The lowest BCUT2D eigenvalue weighted by atomic mass is 10.1.